The number of amides is 1. The lowest BCUT2D eigenvalue weighted by molar-refractivity contribution is -0.133. The van der Waals surface area contributed by atoms with Crippen molar-refractivity contribution in [1.29, 1.82) is 0 Å². The van der Waals surface area contributed by atoms with Crippen LogP contribution in [0.5, 0.6) is 0 Å². The predicted molar refractivity (Wildman–Crippen MR) is 97.6 cm³/mol. The topological polar surface area (TPSA) is 97.2 Å². The quantitative estimate of drug-likeness (QED) is 0.841. The Kier molecular flexibility index (Phi) is 5.38. The van der Waals surface area contributed by atoms with Crippen molar-refractivity contribution in [2.75, 3.05) is 19.3 Å². The SMILES string of the molecule is Cn1cc(-c2ccc(C3CCCCN3C(=O)CNS(C)(=O)=O)cn2)cn1. The number of nitrogens with zero attached hydrogens (tertiary/aromatic N) is 4. The number of pyridine rings is 1. The molecule has 9 heteroatoms. The largest absolute Gasteiger partial charge is 0.334 e. The lowest BCUT2D eigenvalue weighted by Gasteiger charge is -2.36. The minimum atomic E-state index is -3.39. The highest BCUT2D eigenvalue weighted by Gasteiger charge is 2.28. The molecular weight excluding hydrogens is 354 g/mol. The van der Waals surface area contributed by atoms with Gasteiger partial charge in [-0.3, -0.25) is 14.5 Å². The molecule has 8 nitrogen and oxygen atoms in total. The predicted octanol–water partition coefficient (Wildman–Crippen LogP) is 1.08. The number of hydrogen-bond acceptors (Lipinski definition) is 5. The third-order valence-electron chi connectivity index (χ3n) is 4.48. The number of piperidine rings is 1. The van der Waals surface area contributed by atoms with Crippen molar-refractivity contribution in [3.05, 3.63) is 36.3 Å². The summed E-state index contributed by atoms with van der Waals surface area (Å²) in [5, 5.41) is 4.15. The van der Waals surface area contributed by atoms with E-state index in [-0.39, 0.29) is 18.5 Å². The molecule has 1 saturated heterocycles. The van der Waals surface area contributed by atoms with Gasteiger partial charge in [-0.1, -0.05) is 6.07 Å². The van der Waals surface area contributed by atoms with E-state index in [1.54, 1.807) is 22.0 Å². The third kappa shape index (κ3) is 4.47. The molecule has 1 fully saturated rings. The molecule has 0 aliphatic carbocycles. The highest BCUT2D eigenvalue weighted by atomic mass is 32.2. The van der Waals surface area contributed by atoms with Gasteiger partial charge in [0.2, 0.25) is 15.9 Å². The number of rotatable bonds is 5. The van der Waals surface area contributed by atoms with Crippen LogP contribution in [-0.2, 0) is 21.9 Å². The van der Waals surface area contributed by atoms with Crippen molar-refractivity contribution in [2.24, 2.45) is 7.05 Å². The fraction of sp³-hybridized carbons (Fsp3) is 0.471. The molecule has 0 radical (unpaired) electrons. The molecule has 3 heterocycles. The Morgan fingerprint density at radius 3 is 2.73 bits per heavy atom. The van der Waals surface area contributed by atoms with E-state index in [9.17, 15) is 13.2 Å². The first kappa shape index (κ1) is 18.5. The van der Waals surface area contributed by atoms with Gasteiger partial charge in [0, 0.05) is 31.5 Å². The maximum Gasteiger partial charge on any atom is 0.238 e. The summed E-state index contributed by atoms with van der Waals surface area (Å²) >= 11 is 0. The zero-order valence-corrected chi connectivity index (χ0v) is 15.7. The van der Waals surface area contributed by atoms with Gasteiger partial charge in [-0.15, -0.1) is 0 Å². The fourth-order valence-electron chi connectivity index (χ4n) is 3.20. The van der Waals surface area contributed by atoms with E-state index in [0.29, 0.717) is 6.54 Å². The molecule has 140 valence electrons. The lowest BCUT2D eigenvalue weighted by atomic mass is 9.96. The first-order chi connectivity index (χ1) is 12.3. The van der Waals surface area contributed by atoms with Crippen molar-refractivity contribution in [3.63, 3.8) is 0 Å². The Bertz CT molecular complexity index is 876. The van der Waals surface area contributed by atoms with Gasteiger partial charge in [0.15, 0.2) is 0 Å². The number of sulfonamides is 1. The first-order valence-electron chi connectivity index (χ1n) is 8.52. The van der Waals surface area contributed by atoms with Crippen LogP contribution >= 0.6 is 0 Å². The summed E-state index contributed by atoms with van der Waals surface area (Å²) in [6, 6.07) is 3.83. The van der Waals surface area contributed by atoms with Crippen molar-refractivity contribution >= 4 is 15.9 Å². The molecule has 0 spiro atoms. The average Bonchev–Trinajstić information content (AvgIpc) is 3.06. The van der Waals surface area contributed by atoms with Crippen LogP contribution in [0.2, 0.25) is 0 Å². The van der Waals surface area contributed by atoms with E-state index < -0.39 is 10.0 Å². The number of carbonyl (C=O) groups excluding carboxylic acids is 1. The highest BCUT2D eigenvalue weighted by molar-refractivity contribution is 7.88. The van der Waals surface area contributed by atoms with Gasteiger partial charge in [-0.05, 0) is 30.9 Å². The molecule has 1 unspecified atom stereocenters. The molecule has 1 amide bonds. The number of hydrogen-bond donors (Lipinski definition) is 1. The van der Waals surface area contributed by atoms with Gasteiger partial charge >= 0.3 is 0 Å². The van der Waals surface area contributed by atoms with Crippen LogP contribution in [0.15, 0.2) is 30.7 Å². The van der Waals surface area contributed by atoms with E-state index in [1.165, 1.54) is 0 Å². The Balaban J connectivity index is 1.75. The lowest BCUT2D eigenvalue weighted by Crippen LogP contribution is -2.44. The Morgan fingerprint density at radius 1 is 1.31 bits per heavy atom. The number of nitrogens with one attached hydrogen (secondary N) is 1. The van der Waals surface area contributed by atoms with Crippen LogP contribution in [0.1, 0.15) is 30.9 Å². The van der Waals surface area contributed by atoms with Crippen molar-refractivity contribution in [1.82, 2.24) is 24.4 Å². The monoisotopic (exact) mass is 377 g/mol. The molecule has 2 aromatic heterocycles. The Labute approximate surface area is 153 Å². The van der Waals surface area contributed by atoms with Crippen LogP contribution in [-0.4, -0.2) is 53.3 Å². The van der Waals surface area contributed by atoms with Crippen molar-refractivity contribution in [3.8, 4) is 11.3 Å². The van der Waals surface area contributed by atoms with Gasteiger partial charge in [-0.2, -0.15) is 5.10 Å². The van der Waals surface area contributed by atoms with E-state index in [0.717, 1.165) is 42.3 Å². The standard InChI is InChI=1S/C17H23N5O3S/c1-21-12-14(10-19-21)15-7-6-13(9-18-15)16-5-3-4-8-22(16)17(23)11-20-26(2,24)25/h6-7,9-10,12,16,20H,3-5,8,11H2,1-2H3. The van der Waals surface area contributed by atoms with Gasteiger partial charge in [-0.25, -0.2) is 13.1 Å². The van der Waals surface area contributed by atoms with Gasteiger partial charge in [0.1, 0.15) is 0 Å². The number of likely N-dealkylation sites (tertiary alicyclic amines) is 1. The minimum Gasteiger partial charge on any atom is -0.334 e. The first-order valence-corrected chi connectivity index (χ1v) is 10.4. The molecule has 1 aliphatic heterocycles. The van der Waals surface area contributed by atoms with Crippen LogP contribution in [0.25, 0.3) is 11.3 Å². The van der Waals surface area contributed by atoms with Crippen LogP contribution in [0.3, 0.4) is 0 Å². The van der Waals surface area contributed by atoms with E-state index >= 15 is 0 Å². The normalized spacial score (nSPS) is 18.1. The summed E-state index contributed by atoms with van der Waals surface area (Å²) in [7, 11) is -1.54. The molecule has 3 rings (SSSR count). The summed E-state index contributed by atoms with van der Waals surface area (Å²) in [6.07, 6.45) is 9.29. The third-order valence-corrected chi connectivity index (χ3v) is 5.15. The summed E-state index contributed by atoms with van der Waals surface area (Å²) in [5.74, 6) is -0.212. The summed E-state index contributed by atoms with van der Waals surface area (Å²) in [6.45, 7) is 0.413. The molecule has 0 bridgehead atoms. The van der Waals surface area contributed by atoms with Crippen LogP contribution in [0, 0.1) is 0 Å². The van der Waals surface area contributed by atoms with Gasteiger partial charge in [0.05, 0.1) is 30.7 Å². The minimum absolute atomic E-state index is 0.0759. The second-order valence-electron chi connectivity index (χ2n) is 6.57. The average molecular weight is 377 g/mol. The fourth-order valence-corrected chi connectivity index (χ4v) is 3.58. The molecule has 2 aromatic rings. The van der Waals surface area contributed by atoms with Crippen molar-refractivity contribution in [2.45, 2.75) is 25.3 Å². The summed E-state index contributed by atoms with van der Waals surface area (Å²) < 4.78 is 26.5. The van der Waals surface area contributed by atoms with Crippen LogP contribution < -0.4 is 4.72 Å². The second-order valence-corrected chi connectivity index (χ2v) is 8.40. The zero-order chi connectivity index (χ0) is 18.7. The summed E-state index contributed by atoms with van der Waals surface area (Å²) in [5.41, 5.74) is 2.73. The van der Waals surface area contributed by atoms with E-state index in [4.69, 9.17) is 0 Å². The molecule has 1 aliphatic rings. The summed E-state index contributed by atoms with van der Waals surface area (Å²) in [4.78, 5) is 18.8. The van der Waals surface area contributed by atoms with Crippen LogP contribution in [0.4, 0.5) is 0 Å². The van der Waals surface area contributed by atoms with E-state index in [1.807, 2.05) is 25.4 Å². The molecular formula is C17H23N5O3S. The second kappa shape index (κ2) is 7.55. The van der Waals surface area contributed by atoms with Gasteiger partial charge in [0.25, 0.3) is 0 Å². The highest BCUT2D eigenvalue weighted by Crippen LogP contribution is 2.31. The molecule has 0 aromatic carbocycles. The zero-order valence-electron chi connectivity index (χ0n) is 14.9. The number of aryl methyl sites for hydroxylation is 1. The maximum absolute atomic E-state index is 12.5. The van der Waals surface area contributed by atoms with E-state index in [2.05, 4.69) is 14.8 Å². The molecule has 1 N–H and O–H groups in total. The number of carbonyl (C=O) groups is 1. The molecule has 26 heavy (non-hydrogen) atoms. The Hall–Kier alpha value is -2.26. The molecule has 1 atom stereocenters. The smallest absolute Gasteiger partial charge is 0.238 e. The number of aromatic nitrogens is 3. The van der Waals surface area contributed by atoms with Crippen molar-refractivity contribution < 1.29 is 13.2 Å². The van der Waals surface area contributed by atoms with Gasteiger partial charge < -0.3 is 4.90 Å². The Morgan fingerprint density at radius 2 is 2.12 bits per heavy atom. The molecule has 0 saturated carbocycles. The maximum atomic E-state index is 12.5.